The van der Waals surface area contributed by atoms with E-state index in [1.165, 1.54) is 33.4 Å². The second kappa shape index (κ2) is 13.6. The molecule has 6 aromatic heterocycles. The van der Waals surface area contributed by atoms with Gasteiger partial charge in [-0.1, -0.05) is 140 Å². The van der Waals surface area contributed by atoms with Gasteiger partial charge in [-0.3, -0.25) is 9.13 Å². The molecule has 0 atom stereocenters. The minimum absolute atomic E-state index is 0.525. The highest BCUT2D eigenvalue weighted by Gasteiger charge is 2.46. The highest BCUT2D eigenvalue weighted by atomic mass is 15.2. The Labute approximate surface area is 372 Å². The number of fused-ring (bicyclic) bond motifs is 12. The fourth-order valence-corrected chi connectivity index (χ4v) is 10.8. The van der Waals surface area contributed by atoms with Crippen LogP contribution in [0.15, 0.2) is 213 Å². The Morgan fingerprint density at radius 2 is 0.969 bits per heavy atom. The van der Waals surface area contributed by atoms with Crippen molar-refractivity contribution in [3.63, 3.8) is 0 Å². The van der Waals surface area contributed by atoms with E-state index in [0.29, 0.717) is 5.95 Å². The summed E-state index contributed by atoms with van der Waals surface area (Å²) in [5, 5.41) is 6.21. The molecule has 0 bridgehead atoms. The molecule has 7 nitrogen and oxygen atoms in total. The van der Waals surface area contributed by atoms with Crippen LogP contribution in [0.4, 0.5) is 0 Å². The van der Waals surface area contributed by atoms with Gasteiger partial charge in [0.25, 0.3) is 0 Å². The predicted octanol–water partition coefficient (Wildman–Crippen LogP) is 13.2. The first kappa shape index (κ1) is 35.8. The quantitative estimate of drug-likeness (QED) is 0.162. The van der Waals surface area contributed by atoms with Crippen molar-refractivity contribution in [1.82, 2.24) is 34.1 Å². The monoisotopic (exact) mass is 829 g/mol. The van der Waals surface area contributed by atoms with Gasteiger partial charge >= 0.3 is 0 Å². The van der Waals surface area contributed by atoms with Crippen LogP contribution in [0, 0.1) is 0 Å². The number of benzene rings is 7. The van der Waals surface area contributed by atoms with Gasteiger partial charge < -0.3 is 0 Å². The molecule has 0 N–H and O–H groups in total. The molecule has 7 heteroatoms. The molecular weight excluding hydrogens is 795 g/mol. The van der Waals surface area contributed by atoms with Crippen LogP contribution in [-0.4, -0.2) is 34.1 Å². The lowest BCUT2D eigenvalue weighted by Gasteiger charge is -2.34. The lowest BCUT2D eigenvalue weighted by atomic mass is 9.67. The maximum atomic E-state index is 5.61. The summed E-state index contributed by atoms with van der Waals surface area (Å²) >= 11 is 0. The van der Waals surface area contributed by atoms with E-state index < -0.39 is 5.41 Å². The van der Waals surface area contributed by atoms with E-state index in [0.717, 1.165) is 82.8 Å². The Morgan fingerprint density at radius 1 is 0.385 bits per heavy atom. The second-order valence-electron chi connectivity index (χ2n) is 16.8. The maximum absolute atomic E-state index is 5.61. The first-order chi connectivity index (χ1) is 32.3. The summed E-state index contributed by atoms with van der Waals surface area (Å²) < 4.78 is 4.27. The average molecular weight is 830 g/mol. The number of rotatable bonds is 5. The van der Waals surface area contributed by atoms with E-state index in [-0.39, 0.29) is 0 Å². The average Bonchev–Trinajstić information content (AvgIpc) is 4.01. The number of aromatic nitrogens is 7. The molecule has 0 spiro atoms. The van der Waals surface area contributed by atoms with Crippen LogP contribution in [0.25, 0.3) is 99.8 Å². The van der Waals surface area contributed by atoms with Crippen LogP contribution < -0.4 is 0 Å². The minimum Gasteiger partial charge on any atom is -0.278 e. The number of nitrogens with zero attached hydrogens (tertiary/aromatic N) is 7. The molecule has 1 aliphatic carbocycles. The van der Waals surface area contributed by atoms with Crippen LogP contribution in [0.3, 0.4) is 0 Å². The molecule has 6 heterocycles. The van der Waals surface area contributed by atoms with E-state index in [4.69, 9.17) is 24.9 Å². The first-order valence-electron chi connectivity index (χ1n) is 21.9. The molecule has 1 aliphatic rings. The molecule has 0 saturated carbocycles. The Bertz CT molecular complexity index is 3930. The van der Waals surface area contributed by atoms with Crippen molar-refractivity contribution in [2.75, 3.05) is 0 Å². The molecule has 13 aromatic rings. The summed E-state index contributed by atoms with van der Waals surface area (Å²) in [7, 11) is 0. The van der Waals surface area contributed by atoms with Gasteiger partial charge in [-0.15, -0.1) is 0 Å². The Balaban J connectivity index is 1.09. The largest absolute Gasteiger partial charge is 0.278 e. The standard InChI is InChI=1S/C58H35N7/c1-3-15-38(16-4-1)58(39-17-5-2-6-18-39)47-24-10-7-19-40(47)41-30-28-37(35-48(41)58)52-46-31-27-36-29-32-51(64-49-25-11-8-20-42(49)44-22-13-33-59-55(44)64)61-53(36)54(46)63-57(62-52)65-50-26-12-9-21-43(50)45-23-14-34-60-56(45)65/h1-35H. The molecule has 65 heavy (non-hydrogen) atoms. The molecule has 0 saturated heterocycles. The predicted molar refractivity (Wildman–Crippen MR) is 262 cm³/mol. The number of hydrogen-bond donors (Lipinski definition) is 0. The lowest BCUT2D eigenvalue weighted by Crippen LogP contribution is -2.28. The van der Waals surface area contributed by atoms with E-state index in [1.54, 1.807) is 0 Å². The van der Waals surface area contributed by atoms with Gasteiger partial charge in [0, 0.05) is 50.3 Å². The highest BCUT2D eigenvalue weighted by Crippen LogP contribution is 2.57. The molecule has 0 fully saturated rings. The van der Waals surface area contributed by atoms with Crippen LogP contribution >= 0.6 is 0 Å². The van der Waals surface area contributed by atoms with Crippen LogP contribution in [0.5, 0.6) is 0 Å². The summed E-state index contributed by atoms with van der Waals surface area (Å²) in [4.78, 5) is 26.5. The molecule has 302 valence electrons. The third-order valence-electron chi connectivity index (χ3n) is 13.5. The molecule has 0 amide bonds. The fraction of sp³-hybridized carbons (Fsp3) is 0.0172. The van der Waals surface area contributed by atoms with Gasteiger partial charge in [-0.25, -0.2) is 24.9 Å². The van der Waals surface area contributed by atoms with Gasteiger partial charge in [-0.2, -0.15) is 0 Å². The van der Waals surface area contributed by atoms with Gasteiger partial charge in [0.15, 0.2) is 0 Å². The summed E-state index contributed by atoms with van der Waals surface area (Å²) in [6.07, 6.45) is 3.69. The van der Waals surface area contributed by atoms with E-state index >= 15 is 0 Å². The van der Waals surface area contributed by atoms with E-state index in [1.807, 2.05) is 24.5 Å². The van der Waals surface area contributed by atoms with Gasteiger partial charge in [0.05, 0.1) is 27.7 Å². The highest BCUT2D eigenvalue weighted by molar-refractivity contribution is 6.11. The van der Waals surface area contributed by atoms with Crippen molar-refractivity contribution in [3.05, 3.63) is 235 Å². The van der Waals surface area contributed by atoms with Crippen molar-refractivity contribution in [1.29, 1.82) is 0 Å². The SMILES string of the molecule is c1ccc(C2(c3ccccc3)c3ccccc3-c3ccc(-c4nc(-n5c6ccccc6c6cccnc65)nc5c4ccc4ccc(-n6c7ccccc7c7cccnc76)nc45)cc32)cc1. The molecule has 0 radical (unpaired) electrons. The topological polar surface area (TPSA) is 74.3 Å². The van der Waals surface area contributed by atoms with E-state index in [9.17, 15) is 0 Å². The van der Waals surface area contributed by atoms with E-state index in [2.05, 4.69) is 197 Å². The lowest BCUT2D eigenvalue weighted by molar-refractivity contribution is 0.768. The molecular formula is C58H35N7. The third-order valence-corrected chi connectivity index (χ3v) is 13.5. The van der Waals surface area contributed by atoms with Crippen molar-refractivity contribution < 1.29 is 0 Å². The van der Waals surface area contributed by atoms with Gasteiger partial charge in [0.2, 0.25) is 5.95 Å². The number of para-hydroxylation sites is 2. The zero-order valence-electron chi connectivity index (χ0n) is 34.8. The molecule has 0 unspecified atom stereocenters. The zero-order valence-corrected chi connectivity index (χ0v) is 34.8. The Hall–Kier alpha value is -8.81. The summed E-state index contributed by atoms with van der Waals surface area (Å²) in [5.74, 6) is 1.29. The third kappa shape index (κ3) is 4.97. The maximum Gasteiger partial charge on any atom is 0.237 e. The van der Waals surface area contributed by atoms with Gasteiger partial charge in [-0.05, 0) is 94.0 Å². The number of hydrogen-bond acceptors (Lipinski definition) is 5. The smallest absolute Gasteiger partial charge is 0.237 e. The Kier molecular flexibility index (Phi) is 7.48. The summed E-state index contributed by atoms with van der Waals surface area (Å²) in [5.41, 5.74) is 13.7. The Morgan fingerprint density at radius 3 is 1.69 bits per heavy atom. The first-order valence-corrected chi connectivity index (χ1v) is 21.9. The summed E-state index contributed by atoms with van der Waals surface area (Å²) in [6.45, 7) is 0. The summed E-state index contributed by atoms with van der Waals surface area (Å²) in [6, 6.07) is 71.2. The van der Waals surface area contributed by atoms with Gasteiger partial charge in [0.1, 0.15) is 22.6 Å². The van der Waals surface area contributed by atoms with Crippen LogP contribution in [0.1, 0.15) is 22.3 Å². The van der Waals surface area contributed by atoms with Crippen LogP contribution in [-0.2, 0) is 5.41 Å². The number of pyridine rings is 3. The molecule has 7 aromatic carbocycles. The van der Waals surface area contributed by atoms with Crippen LogP contribution in [0.2, 0.25) is 0 Å². The zero-order chi connectivity index (χ0) is 42.6. The molecule has 14 rings (SSSR count). The fourth-order valence-electron chi connectivity index (χ4n) is 10.8. The second-order valence-corrected chi connectivity index (χ2v) is 16.8. The normalized spacial score (nSPS) is 13.0. The van der Waals surface area contributed by atoms with Crippen molar-refractivity contribution >= 4 is 65.7 Å². The van der Waals surface area contributed by atoms with Crippen molar-refractivity contribution in [3.8, 4) is 34.2 Å². The minimum atomic E-state index is -0.577. The van der Waals surface area contributed by atoms with Crippen molar-refractivity contribution in [2.24, 2.45) is 0 Å². The van der Waals surface area contributed by atoms with Crippen molar-refractivity contribution in [2.45, 2.75) is 5.41 Å². The molecule has 0 aliphatic heterocycles.